The number of imidazole rings is 1. The van der Waals surface area contributed by atoms with Crippen LogP contribution in [0.5, 0.6) is 0 Å². The first-order valence-corrected chi connectivity index (χ1v) is 4.35. The number of hydrogen-bond acceptors (Lipinski definition) is 3. The van der Waals surface area contributed by atoms with Crippen molar-refractivity contribution in [3.05, 3.63) is 36.4 Å². The van der Waals surface area contributed by atoms with Gasteiger partial charge in [0.1, 0.15) is 5.82 Å². The first-order chi connectivity index (χ1) is 7.20. The number of nitrogens with zero attached hydrogens (tertiary/aromatic N) is 3. The first kappa shape index (κ1) is 9.39. The van der Waals surface area contributed by atoms with Gasteiger partial charge in [0.25, 0.3) is 0 Å². The van der Waals surface area contributed by atoms with Crippen molar-refractivity contribution in [2.45, 2.75) is 0 Å². The van der Waals surface area contributed by atoms with E-state index in [0.29, 0.717) is 11.4 Å². The zero-order chi connectivity index (χ0) is 10.8. The molecule has 76 valence electrons. The summed E-state index contributed by atoms with van der Waals surface area (Å²) in [6.07, 6.45) is 6.27. The lowest BCUT2D eigenvalue weighted by Crippen LogP contribution is -2.03. The van der Waals surface area contributed by atoms with Gasteiger partial charge < -0.3 is 9.67 Å². The summed E-state index contributed by atoms with van der Waals surface area (Å²) >= 11 is 0. The van der Waals surface area contributed by atoms with Crippen molar-refractivity contribution in [1.29, 1.82) is 0 Å². The Morgan fingerprint density at radius 2 is 2.27 bits per heavy atom. The maximum atomic E-state index is 11.0. The lowest BCUT2D eigenvalue weighted by molar-refractivity contribution is 0.0697. The van der Waals surface area contributed by atoms with Gasteiger partial charge in [0.05, 0.1) is 5.56 Å². The van der Waals surface area contributed by atoms with Crippen LogP contribution in [0.4, 0.5) is 0 Å². The van der Waals surface area contributed by atoms with E-state index in [4.69, 9.17) is 5.11 Å². The van der Waals surface area contributed by atoms with E-state index in [1.54, 1.807) is 29.2 Å². The van der Waals surface area contributed by atoms with Crippen molar-refractivity contribution in [3.63, 3.8) is 0 Å². The van der Waals surface area contributed by atoms with E-state index >= 15 is 0 Å². The molecule has 5 heteroatoms. The van der Waals surface area contributed by atoms with Crippen LogP contribution in [0.3, 0.4) is 0 Å². The zero-order valence-electron chi connectivity index (χ0n) is 8.08. The van der Waals surface area contributed by atoms with Crippen molar-refractivity contribution >= 4 is 5.97 Å². The number of aryl methyl sites for hydroxylation is 1. The second-order valence-corrected chi connectivity index (χ2v) is 3.09. The maximum absolute atomic E-state index is 11.0. The summed E-state index contributed by atoms with van der Waals surface area (Å²) in [5.41, 5.74) is 0.733. The van der Waals surface area contributed by atoms with Crippen LogP contribution in [0, 0.1) is 0 Å². The van der Waals surface area contributed by atoms with E-state index in [1.807, 2.05) is 7.05 Å². The molecule has 0 radical (unpaired) electrons. The Labute approximate surface area is 86.0 Å². The predicted molar refractivity (Wildman–Crippen MR) is 53.4 cm³/mol. The SMILES string of the molecule is Cn1ccnc1-c1ccncc1C(=O)O. The standard InChI is InChI=1S/C10H9N3O2/c1-13-5-4-12-9(13)7-2-3-11-6-8(7)10(14)15/h2-6H,1H3,(H,14,15). The molecule has 0 aliphatic carbocycles. The fourth-order valence-electron chi connectivity index (χ4n) is 1.39. The van der Waals surface area contributed by atoms with Crippen molar-refractivity contribution < 1.29 is 9.90 Å². The molecule has 0 aliphatic heterocycles. The summed E-state index contributed by atoms with van der Waals surface area (Å²) in [4.78, 5) is 18.8. The van der Waals surface area contributed by atoms with Crippen LogP contribution in [-0.2, 0) is 7.05 Å². The van der Waals surface area contributed by atoms with Crippen LogP contribution in [0.2, 0.25) is 0 Å². The van der Waals surface area contributed by atoms with Crippen LogP contribution < -0.4 is 0 Å². The Hall–Kier alpha value is -2.17. The fourth-order valence-corrected chi connectivity index (χ4v) is 1.39. The molecule has 0 fully saturated rings. The number of carboxylic acids is 1. The first-order valence-electron chi connectivity index (χ1n) is 4.35. The van der Waals surface area contributed by atoms with Gasteiger partial charge in [-0.3, -0.25) is 4.98 Å². The topological polar surface area (TPSA) is 68.0 Å². The Kier molecular flexibility index (Phi) is 2.21. The summed E-state index contributed by atoms with van der Waals surface area (Å²) < 4.78 is 1.77. The van der Waals surface area contributed by atoms with E-state index in [2.05, 4.69) is 9.97 Å². The van der Waals surface area contributed by atoms with Gasteiger partial charge in [-0.15, -0.1) is 0 Å². The predicted octanol–water partition coefficient (Wildman–Crippen LogP) is 1.18. The summed E-state index contributed by atoms with van der Waals surface area (Å²) in [6.45, 7) is 0. The van der Waals surface area contributed by atoms with Gasteiger partial charge in [-0.2, -0.15) is 0 Å². The Balaban J connectivity index is 2.63. The minimum absolute atomic E-state index is 0.159. The smallest absolute Gasteiger partial charge is 0.338 e. The average molecular weight is 203 g/mol. The second kappa shape index (κ2) is 3.53. The highest BCUT2D eigenvalue weighted by Crippen LogP contribution is 2.20. The van der Waals surface area contributed by atoms with Crippen molar-refractivity contribution in [1.82, 2.24) is 14.5 Å². The Bertz CT molecular complexity index is 505. The molecule has 0 spiro atoms. The van der Waals surface area contributed by atoms with E-state index < -0.39 is 5.97 Å². The summed E-state index contributed by atoms with van der Waals surface area (Å²) in [6, 6.07) is 1.64. The molecule has 2 aromatic rings. The number of carboxylic acid groups (broad SMARTS) is 1. The zero-order valence-corrected chi connectivity index (χ0v) is 8.08. The van der Waals surface area contributed by atoms with Crippen LogP contribution in [0.1, 0.15) is 10.4 Å². The molecule has 0 amide bonds. The van der Waals surface area contributed by atoms with Gasteiger partial charge in [-0.25, -0.2) is 9.78 Å². The highest BCUT2D eigenvalue weighted by Gasteiger charge is 2.14. The Morgan fingerprint density at radius 1 is 1.47 bits per heavy atom. The normalized spacial score (nSPS) is 10.2. The molecule has 0 atom stereocenters. The molecule has 2 rings (SSSR count). The molecule has 5 nitrogen and oxygen atoms in total. The van der Waals surface area contributed by atoms with Crippen LogP contribution >= 0.6 is 0 Å². The minimum Gasteiger partial charge on any atom is -0.478 e. The number of rotatable bonds is 2. The van der Waals surface area contributed by atoms with Crippen molar-refractivity contribution in [2.75, 3.05) is 0 Å². The fraction of sp³-hybridized carbons (Fsp3) is 0.100. The van der Waals surface area contributed by atoms with Crippen molar-refractivity contribution in [3.8, 4) is 11.4 Å². The molecule has 0 aromatic carbocycles. The highest BCUT2D eigenvalue weighted by atomic mass is 16.4. The molecule has 0 aliphatic rings. The van der Waals surface area contributed by atoms with Crippen LogP contribution in [0.15, 0.2) is 30.9 Å². The highest BCUT2D eigenvalue weighted by molar-refractivity contribution is 5.94. The monoisotopic (exact) mass is 203 g/mol. The number of hydrogen-bond donors (Lipinski definition) is 1. The quantitative estimate of drug-likeness (QED) is 0.795. The number of aromatic carboxylic acids is 1. The van der Waals surface area contributed by atoms with Gasteiger partial charge in [-0.1, -0.05) is 0 Å². The molecular weight excluding hydrogens is 194 g/mol. The van der Waals surface area contributed by atoms with Crippen LogP contribution in [-0.4, -0.2) is 25.6 Å². The molecule has 1 N–H and O–H groups in total. The minimum atomic E-state index is -0.999. The van der Waals surface area contributed by atoms with Gasteiger partial charge in [0.15, 0.2) is 0 Å². The summed E-state index contributed by atoms with van der Waals surface area (Å²) in [5.74, 6) is -0.379. The third kappa shape index (κ3) is 1.59. The molecule has 0 unspecified atom stereocenters. The lowest BCUT2D eigenvalue weighted by Gasteiger charge is -2.04. The van der Waals surface area contributed by atoms with Gasteiger partial charge in [0, 0.05) is 37.4 Å². The number of pyridine rings is 1. The van der Waals surface area contributed by atoms with Crippen molar-refractivity contribution in [2.24, 2.45) is 7.05 Å². The molecule has 2 aromatic heterocycles. The molecule has 15 heavy (non-hydrogen) atoms. The summed E-state index contributed by atoms with van der Waals surface area (Å²) in [7, 11) is 1.81. The lowest BCUT2D eigenvalue weighted by atomic mass is 10.1. The van der Waals surface area contributed by atoms with E-state index in [9.17, 15) is 4.79 Å². The second-order valence-electron chi connectivity index (χ2n) is 3.09. The summed E-state index contributed by atoms with van der Waals surface area (Å²) in [5, 5.41) is 8.98. The average Bonchev–Trinajstić information content (AvgIpc) is 2.64. The van der Waals surface area contributed by atoms with Gasteiger partial charge >= 0.3 is 5.97 Å². The molecule has 2 heterocycles. The van der Waals surface area contributed by atoms with Gasteiger partial charge in [-0.05, 0) is 6.07 Å². The van der Waals surface area contributed by atoms with Crippen LogP contribution in [0.25, 0.3) is 11.4 Å². The largest absolute Gasteiger partial charge is 0.478 e. The number of aromatic nitrogens is 3. The maximum Gasteiger partial charge on any atom is 0.338 e. The molecule has 0 bridgehead atoms. The Morgan fingerprint density at radius 3 is 2.87 bits per heavy atom. The molecule has 0 saturated carbocycles. The number of carbonyl (C=O) groups is 1. The van der Waals surface area contributed by atoms with E-state index in [0.717, 1.165) is 0 Å². The van der Waals surface area contributed by atoms with E-state index in [1.165, 1.54) is 6.20 Å². The van der Waals surface area contributed by atoms with Gasteiger partial charge in [0.2, 0.25) is 0 Å². The molecular formula is C10H9N3O2. The van der Waals surface area contributed by atoms with E-state index in [-0.39, 0.29) is 5.56 Å². The third-order valence-corrected chi connectivity index (χ3v) is 2.11. The third-order valence-electron chi connectivity index (χ3n) is 2.11. The molecule has 0 saturated heterocycles.